The van der Waals surface area contributed by atoms with Gasteiger partial charge in [0.1, 0.15) is 5.75 Å². The minimum absolute atomic E-state index is 0.0317. The van der Waals surface area contributed by atoms with Crippen LogP contribution in [0.15, 0.2) is 18.2 Å². The predicted octanol–water partition coefficient (Wildman–Crippen LogP) is 0.228. The van der Waals surface area contributed by atoms with Gasteiger partial charge >= 0.3 is 12.0 Å². The van der Waals surface area contributed by atoms with Crippen LogP contribution in [-0.2, 0) is 6.54 Å². The second kappa shape index (κ2) is 6.32. The van der Waals surface area contributed by atoms with Crippen LogP contribution >= 0.6 is 0 Å². The second-order valence-electron chi connectivity index (χ2n) is 3.86. The maximum Gasteiger partial charge on any atom is 0.335 e. The predicted molar refractivity (Wildman–Crippen MR) is 70.0 cm³/mol. The summed E-state index contributed by atoms with van der Waals surface area (Å²) in [6, 6.07) is 3.58. The van der Waals surface area contributed by atoms with Crippen LogP contribution in [0, 0.1) is 0 Å². The van der Waals surface area contributed by atoms with Gasteiger partial charge in [0, 0.05) is 0 Å². The minimum atomic E-state index is -1.10. The lowest BCUT2D eigenvalue weighted by Crippen LogP contribution is -2.28. The molecule has 2 rings (SSSR count). The van der Waals surface area contributed by atoms with Crippen molar-refractivity contribution >= 4 is 17.7 Å². The Morgan fingerprint density at radius 3 is 2.86 bits per heavy atom. The second-order valence-corrected chi connectivity index (χ2v) is 3.86. The summed E-state index contributed by atoms with van der Waals surface area (Å²) in [5, 5.41) is 26.9. The standard InChI is InChI=1S/C11H12N6O4/c1-21-8-3-2-6(10(18)19)4-7(8)13-11(20)12-5-9-14-16-17-15-9/h2-4H,5H2,1H3,(H,18,19)(H2,12,13,20)(H,14,15,16,17). The maximum atomic E-state index is 11.7. The number of carboxylic acids is 1. The van der Waals surface area contributed by atoms with E-state index in [1.54, 1.807) is 0 Å². The molecule has 0 aliphatic carbocycles. The minimum Gasteiger partial charge on any atom is -0.495 e. The average Bonchev–Trinajstić information content (AvgIpc) is 2.98. The van der Waals surface area contributed by atoms with Gasteiger partial charge in [-0.3, -0.25) is 0 Å². The van der Waals surface area contributed by atoms with Crippen LogP contribution in [0.2, 0.25) is 0 Å². The van der Waals surface area contributed by atoms with Gasteiger partial charge in [0.15, 0.2) is 5.82 Å². The molecule has 110 valence electrons. The number of carbonyl (C=O) groups is 2. The average molecular weight is 292 g/mol. The number of aromatic carboxylic acids is 1. The Labute approximate surface area is 118 Å². The number of amides is 2. The van der Waals surface area contributed by atoms with E-state index in [0.717, 1.165) is 0 Å². The van der Waals surface area contributed by atoms with Crippen LogP contribution in [0.5, 0.6) is 5.75 Å². The maximum absolute atomic E-state index is 11.7. The van der Waals surface area contributed by atoms with Gasteiger partial charge in [-0.1, -0.05) is 5.21 Å². The number of anilines is 1. The number of methoxy groups -OCH3 is 1. The van der Waals surface area contributed by atoms with E-state index in [0.29, 0.717) is 11.6 Å². The third-order valence-electron chi connectivity index (χ3n) is 2.49. The number of nitrogens with zero attached hydrogens (tertiary/aromatic N) is 3. The fourth-order valence-electron chi connectivity index (χ4n) is 1.52. The molecule has 0 saturated heterocycles. The fourth-order valence-corrected chi connectivity index (χ4v) is 1.52. The largest absolute Gasteiger partial charge is 0.495 e. The molecule has 1 aromatic carbocycles. The zero-order valence-corrected chi connectivity index (χ0v) is 11.0. The molecule has 1 heterocycles. The first-order valence-corrected chi connectivity index (χ1v) is 5.78. The first-order chi connectivity index (χ1) is 10.1. The molecule has 0 aliphatic rings. The molecule has 21 heavy (non-hydrogen) atoms. The number of carbonyl (C=O) groups excluding carboxylic acids is 1. The number of urea groups is 1. The Bertz CT molecular complexity index is 642. The van der Waals surface area contributed by atoms with Crippen molar-refractivity contribution in [1.29, 1.82) is 0 Å². The Hall–Kier alpha value is -3.17. The number of hydrogen-bond donors (Lipinski definition) is 4. The molecule has 0 bridgehead atoms. The van der Waals surface area contributed by atoms with Crippen molar-refractivity contribution in [3.8, 4) is 5.75 Å². The number of ether oxygens (including phenoxy) is 1. The van der Waals surface area contributed by atoms with Crippen molar-refractivity contribution in [3.63, 3.8) is 0 Å². The van der Waals surface area contributed by atoms with Crippen LogP contribution in [0.1, 0.15) is 16.2 Å². The Morgan fingerprint density at radius 2 is 2.24 bits per heavy atom. The summed E-state index contributed by atoms with van der Waals surface area (Å²) in [6.07, 6.45) is 0. The molecular weight excluding hydrogens is 280 g/mol. The van der Waals surface area contributed by atoms with Crippen molar-refractivity contribution in [3.05, 3.63) is 29.6 Å². The van der Waals surface area contributed by atoms with Crippen LogP contribution in [0.3, 0.4) is 0 Å². The summed E-state index contributed by atoms with van der Waals surface area (Å²) in [5.74, 6) is -0.445. The lowest BCUT2D eigenvalue weighted by molar-refractivity contribution is 0.0697. The number of aromatic nitrogens is 4. The van der Waals surface area contributed by atoms with E-state index < -0.39 is 12.0 Å². The van der Waals surface area contributed by atoms with Crippen LogP contribution in [-0.4, -0.2) is 44.8 Å². The van der Waals surface area contributed by atoms with Gasteiger partial charge in [0.05, 0.1) is 24.9 Å². The normalized spacial score (nSPS) is 9.95. The number of rotatable bonds is 5. The topological polar surface area (TPSA) is 142 Å². The highest BCUT2D eigenvalue weighted by molar-refractivity contribution is 5.94. The first kappa shape index (κ1) is 14.2. The molecule has 2 aromatic rings. The highest BCUT2D eigenvalue weighted by Crippen LogP contribution is 2.25. The van der Waals surface area contributed by atoms with E-state index in [-0.39, 0.29) is 17.8 Å². The number of carboxylic acid groups (broad SMARTS) is 1. The molecule has 0 aliphatic heterocycles. The Morgan fingerprint density at radius 1 is 1.43 bits per heavy atom. The van der Waals surface area contributed by atoms with Gasteiger partial charge in [-0.05, 0) is 18.2 Å². The fraction of sp³-hybridized carbons (Fsp3) is 0.182. The van der Waals surface area contributed by atoms with Crippen molar-refractivity contribution in [1.82, 2.24) is 25.9 Å². The zero-order valence-electron chi connectivity index (χ0n) is 11.0. The Kier molecular flexibility index (Phi) is 4.29. The monoisotopic (exact) mass is 292 g/mol. The SMILES string of the molecule is COc1ccc(C(=O)O)cc1NC(=O)NCc1nn[nH]n1. The Balaban J connectivity index is 2.04. The van der Waals surface area contributed by atoms with Crippen LogP contribution < -0.4 is 15.4 Å². The van der Waals surface area contributed by atoms with E-state index in [2.05, 4.69) is 31.3 Å². The molecule has 0 spiro atoms. The number of hydrogen-bond acceptors (Lipinski definition) is 6. The van der Waals surface area contributed by atoms with Crippen molar-refractivity contribution in [2.75, 3.05) is 12.4 Å². The molecule has 0 saturated carbocycles. The third kappa shape index (κ3) is 3.65. The number of benzene rings is 1. The number of aromatic amines is 1. The lowest BCUT2D eigenvalue weighted by Gasteiger charge is -2.11. The summed E-state index contributed by atoms with van der Waals surface area (Å²) in [6.45, 7) is 0.0727. The summed E-state index contributed by atoms with van der Waals surface area (Å²) in [5.41, 5.74) is 0.271. The van der Waals surface area contributed by atoms with Crippen molar-refractivity contribution in [2.24, 2.45) is 0 Å². The molecule has 0 unspecified atom stereocenters. The lowest BCUT2D eigenvalue weighted by atomic mass is 10.2. The van der Waals surface area contributed by atoms with Gasteiger partial charge < -0.3 is 20.5 Å². The molecule has 4 N–H and O–H groups in total. The summed E-state index contributed by atoms with van der Waals surface area (Å²) < 4.78 is 5.06. The first-order valence-electron chi connectivity index (χ1n) is 5.78. The summed E-state index contributed by atoms with van der Waals surface area (Å²) in [7, 11) is 1.41. The van der Waals surface area contributed by atoms with Crippen molar-refractivity contribution < 1.29 is 19.4 Å². The van der Waals surface area contributed by atoms with Gasteiger partial charge in [-0.2, -0.15) is 5.21 Å². The number of H-pyrrole nitrogens is 1. The zero-order chi connectivity index (χ0) is 15.2. The van der Waals surface area contributed by atoms with E-state index in [9.17, 15) is 9.59 Å². The highest BCUT2D eigenvalue weighted by Gasteiger charge is 2.12. The molecular formula is C11H12N6O4. The number of nitrogens with one attached hydrogen (secondary N) is 3. The van der Waals surface area contributed by atoms with E-state index in [1.165, 1.54) is 25.3 Å². The smallest absolute Gasteiger partial charge is 0.335 e. The molecule has 2 amide bonds. The quantitative estimate of drug-likeness (QED) is 0.617. The van der Waals surface area contributed by atoms with E-state index >= 15 is 0 Å². The van der Waals surface area contributed by atoms with Gasteiger partial charge in [0.2, 0.25) is 0 Å². The van der Waals surface area contributed by atoms with Gasteiger partial charge in [0.25, 0.3) is 0 Å². The van der Waals surface area contributed by atoms with Crippen LogP contribution in [0.4, 0.5) is 10.5 Å². The van der Waals surface area contributed by atoms with E-state index in [4.69, 9.17) is 9.84 Å². The molecule has 0 fully saturated rings. The number of tetrazole rings is 1. The summed E-state index contributed by atoms with van der Waals surface area (Å²) >= 11 is 0. The summed E-state index contributed by atoms with van der Waals surface area (Å²) in [4.78, 5) is 22.7. The molecule has 0 atom stereocenters. The third-order valence-corrected chi connectivity index (χ3v) is 2.49. The molecule has 10 heteroatoms. The van der Waals surface area contributed by atoms with Gasteiger partial charge in [-0.25, -0.2) is 9.59 Å². The molecule has 10 nitrogen and oxygen atoms in total. The highest BCUT2D eigenvalue weighted by atomic mass is 16.5. The van der Waals surface area contributed by atoms with E-state index in [1.807, 2.05) is 0 Å². The molecule has 0 radical (unpaired) electrons. The molecule has 1 aromatic heterocycles. The van der Waals surface area contributed by atoms with Gasteiger partial charge in [-0.15, -0.1) is 10.2 Å². The van der Waals surface area contributed by atoms with Crippen LogP contribution in [0.25, 0.3) is 0 Å². The van der Waals surface area contributed by atoms with Crippen molar-refractivity contribution in [2.45, 2.75) is 6.54 Å².